The minimum absolute atomic E-state index is 0.00532. The van der Waals surface area contributed by atoms with Crippen LogP contribution in [-0.2, 0) is 14.8 Å². The highest BCUT2D eigenvalue weighted by atomic mass is 79.9. The average molecular weight is 443 g/mol. The number of hydrogen-bond acceptors (Lipinski definition) is 5. The van der Waals surface area contributed by atoms with Crippen LogP contribution in [0.2, 0.25) is 0 Å². The molecule has 2 aromatic rings. The molecule has 0 saturated carbocycles. The molecule has 0 spiro atoms. The highest BCUT2D eigenvalue weighted by Gasteiger charge is 2.14. The van der Waals surface area contributed by atoms with E-state index in [2.05, 4.69) is 26.0 Å². The van der Waals surface area contributed by atoms with E-state index >= 15 is 0 Å². The third kappa shape index (κ3) is 6.32. The van der Waals surface area contributed by atoms with Crippen molar-refractivity contribution in [2.45, 2.75) is 11.3 Å². The van der Waals surface area contributed by atoms with Gasteiger partial charge in [-0.3, -0.25) is 9.52 Å². The number of carbonyl (C=O) groups excluding carboxylic acids is 1. The minimum atomic E-state index is -3.71. The van der Waals surface area contributed by atoms with E-state index in [4.69, 9.17) is 9.84 Å². The molecule has 0 aromatic heterocycles. The van der Waals surface area contributed by atoms with Gasteiger partial charge >= 0.3 is 0 Å². The second-order valence-corrected chi connectivity index (χ2v) is 7.90. The van der Waals surface area contributed by atoms with Gasteiger partial charge in [-0.1, -0.05) is 15.9 Å². The molecule has 2 rings (SSSR count). The van der Waals surface area contributed by atoms with Crippen molar-refractivity contribution in [3.8, 4) is 5.75 Å². The van der Waals surface area contributed by atoms with E-state index in [1.54, 1.807) is 24.3 Å². The Morgan fingerprint density at radius 1 is 1.08 bits per heavy atom. The quantitative estimate of drug-likeness (QED) is 0.515. The van der Waals surface area contributed by atoms with Crippen molar-refractivity contribution < 1.29 is 23.1 Å². The van der Waals surface area contributed by atoms with Gasteiger partial charge < -0.3 is 15.2 Å². The molecule has 3 N–H and O–H groups in total. The van der Waals surface area contributed by atoms with Crippen molar-refractivity contribution in [1.29, 1.82) is 0 Å². The van der Waals surface area contributed by atoms with Gasteiger partial charge in [-0.25, -0.2) is 8.42 Å². The molecule has 26 heavy (non-hydrogen) atoms. The topological polar surface area (TPSA) is 105 Å². The molecular formula is C17H19BrN2O5S. The third-order valence-corrected chi connectivity index (χ3v) is 5.18. The molecule has 140 valence electrons. The lowest BCUT2D eigenvalue weighted by Crippen LogP contribution is -2.30. The number of aliphatic hydroxyl groups is 1. The Kier molecular flexibility index (Phi) is 7.43. The first kappa shape index (κ1) is 20.2. The van der Waals surface area contributed by atoms with E-state index in [9.17, 15) is 13.2 Å². The van der Waals surface area contributed by atoms with Gasteiger partial charge in [0.2, 0.25) is 0 Å². The van der Waals surface area contributed by atoms with Gasteiger partial charge in [-0.05, 0) is 55.0 Å². The summed E-state index contributed by atoms with van der Waals surface area (Å²) < 4.78 is 33.4. The Morgan fingerprint density at radius 3 is 2.35 bits per heavy atom. The second-order valence-electron chi connectivity index (χ2n) is 5.30. The maximum atomic E-state index is 12.4. The van der Waals surface area contributed by atoms with Crippen LogP contribution >= 0.6 is 15.9 Å². The molecule has 0 bridgehead atoms. The van der Waals surface area contributed by atoms with Gasteiger partial charge in [0.15, 0.2) is 6.61 Å². The summed E-state index contributed by atoms with van der Waals surface area (Å²) in [4.78, 5) is 11.6. The fraction of sp³-hybridized carbons (Fsp3) is 0.235. The van der Waals surface area contributed by atoms with Crippen LogP contribution in [0.5, 0.6) is 5.75 Å². The summed E-state index contributed by atoms with van der Waals surface area (Å²) in [6, 6.07) is 12.5. The number of aliphatic hydroxyl groups excluding tert-OH is 1. The Balaban J connectivity index is 1.93. The van der Waals surface area contributed by atoms with Crippen LogP contribution in [0.1, 0.15) is 6.42 Å². The molecule has 0 fully saturated rings. The van der Waals surface area contributed by atoms with Crippen molar-refractivity contribution in [1.82, 2.24) is 5.32 Å². The number of anilines is 1. The highest BCUT2D eigenvalue weighted by Crippen LogP contribution is 2.20. The molecule has 0 saturated heterocycles. The molecular weight excluding hydrogens is 424 g/mol. The monoisotopic (exact) mass is 442 g/mol. The van der Waals surface area contributed by atoms with Gasteiger partial charge in [0.25, 0.3) is 15.9 Å². The Bertz CT molecular complexity index is 823. The summed E-state index contributed by atoms with van der Waals surface area (Å²) in [6.45, 7) is 0.192. The molecule has 0 atom stereocenters. The third-order valence-electron chi connectivity index (χ3n) is 3.26. The van der Waals surface area contributed by atoms with Gasteiger partial charge in [0, 0.05) is 23.3 Å². The molecule has 7 nitrogen and oxygen atoms in total. The number of benzene rings is 2. The SMILES string of the molecule is O=C(COc1ccc(S(=O)(=O)Nc2ccc(Br)cc2)cc1)NCCCO. The zero-order valence-electron chi connectivity index (χ0n) is 13.8. The smallest absolute Gasteiger partial charge is 0.261 e. The summed E-state index contributed by atoms with van der Waals surface area (Å²) in [7, 11) is -3.71. The molecule has 2 aromatic carbocycles. The van der Waals surface area contributed by atoms with Crippen molar-refractivity contribution in [2.24, 2.45) is 0 Å². The lowest BCUT2D eigenvalue weighted by molar-refractivity contribution is -0.123. The first-order valence-corrected chi connectivity index (χ1v) is 10.1. The fourth-order valence-corrected chi connectivity index (χ4v) is 3.28. The maximum absolute atomic E-state index is 12.4. The van der Waals surface area contributed by atoms with E-state index in [-0.39, 0.29) is 24.0 Å². The normalized spacial score (nSPS) is 11.0. The number of carbonyl (C=O) groups is 1. The summed E-state index contributed by atoms with van der Waals surface area (Å²) in [5, 5.41) is 11.2. The standard InChI is InChI=1S/C17H19BrN2O5S/c18-13-2-4-14(5-3-13)20-26(23,24)16-8-6-15(7-9-16)25-12-17(22)19-10-1-11-21/h2-9,20-21H,1,10-12H2,(H,19,22). The number of ether oxygens (including phenoxy) is 1. The largest absolute Gasteiger partial charge is 0.484 e. The van der Waals surface area contributed by atoms with Crippen LogP contribution in [0.3, 0.4) is 0 Å². The number of nitrogens with one attached hydrogen (secondary N) is 2. The zero-order valence-corrected chi connectivity index (χ0v) is 16.2. The molecule has 0 aliphatic carbocycles. The number of hydrogen-bond donors (Lipinski definition) is 3. The van der Waals surface area contributed by atoms with Gasteiger partial charge in [-0.2, -0.15) is 0 Å². The molecule has 1 amide bonds. The van der Waals surface area contributed by atoms with E-state index < -0.39 is 10.0 Å². The van der Waals surface area contributed by atoms with E-state index in [0.29, 0.717) is 24.4 Å². The van der Waals surface area contributed by atoms with E-state index in [1.807, 2.05) is 0 Å². The summed E-state index contributed by atoms with van der Waals surface area (Å²) >= 11 is 3.29. The van der Waals surface area contributed by atoms with Crippen molar-refractivity contribution >= 4 is 37.5 Å². The zero-order chi connectivity index (χ0) is 19.0. The van der Waals surface area contributed by atoms with Crippen LogP contribution in [0.4, 0.5) is 5.69 Å². The molecule has 0 aliphatic heterocycles. The van der Waals surface area contributed by atoms with Crippen LogP contribution < -0.4 is 14.8 Å². The number of halogens is 1. The van der Waals surface area contributed by atoms with Crippen LogP contribution in [0, 0.1) is 0 Å². The Hall–Kier alpha value is -2.10. The summed E-state index contributed by atoms with van der Waals surface area (Å²) in [5.74, 6) is 0.0666. The molecule has 0 aliphatic rings. The van der Waals surface area contributed by atoms with Gasteiger partial charge in [-0.15, -0.1) is 0 Å². The fourth-order valence-electron chi connectivity index (χ4n) is 1.95. The minimum Gasteiger partial charge on any atom is -0.484 e. The van der Waals surface area contributed by atoms with E-state index in [0.717, 1.165) is 4.47 Å². The molecule has 0 unspecified atom stereocenters. The lowest BCUT2D eigenvalue weighted by atomic mass is 10.3. The number of sulfonamides is 1. The molecule has 0 radical (unpaired) electrons. The van der Waals surface area contributed by atoms with E-state index in [1.165, 1.54) is 24.3 Å². The molecule has 0 heterocycles. The van der Waals surface area contributed by atoms with Crippen LogP contribution in [-0.4, -0.2) is 39.2 Å². The van der Waals surface area contributed by atoms with Crippen LogP contribution in [0.15, 0.2) is 57.9 Å². The average Bonchev–Trinajstić information content (AvgIpc) is 2.62. The number of amides is 1. The van der Waals surface area contributed by atoms with Gasteiger partial charge in [0.05, 0.1) is 4.90 Å². The second kappa shape index (κ2) is 9.56. The van der Waals surface area contributed by atoms with Crippen molar-refractivity contribution in [3.05, 3.63) is 53.0 Å². The predicted octanol–water partition coefficient (Wildman–Crippen LogP) is 2.13. The number of rotatable bonds is 9. The summed E-state index contributed by atoms with van der Waals surface area (Å²) in [6.07, 6.45) is 0.476. The van der Waals surface area contributed by atoms with Crippen molar-refractivity contribution in [3.63, 3.8) is 0 Å². The lowest BCUT2D eigenvalue weighted by Gasteiger charge is -2.10. The molecule has 9 heteroatoms. The van der Waals surface area contributed by atoms with Crippen molar-refractivity contribution in [2.75, 3.05) is 24.5 Å². The first-order chi connectivity index (χ1) is 12.4. The predicted molar refractivity (Wildman–Crippen MR) is 102 cm³/mol. The first-order valence-electron chi connectivity index (χ1n) is 7.79. The van der Waals surface area contributed by atoms with Gasteiger partial charge in [0.1, 0.15) is 5.75 Å². The van der Waals surface area contributed by atoms with Crippen LogP contribution in [0.25, 0.3) is 0 Å². The Morgan fingerprint density at radius 2 is 1.73 bits per heavy atom. The maximum Gasteiger partial charge on any atom is 0.261 e. The summed E-state index contributed by atoms with van der Waals surface area (Å²) in [5.41, 5.74) is 0.452. The highest BCUT2D eigenvalue weighted by molar-refractivity contribution is 9.10. The Labute approximate surface area is 160 Å².